The number of halogens is 1. The summed E-state index contributed by atoms with van der Waals surface area (Å²) in [5.74, 6) is 0.451. The average Bonchev–Trinajstić information content (AvgIpc) is 2.53. The Hall–Kier alpha value is -1.62. The topological polar surface area (TPSA) is 55.9 Å². The Bertz CT molecular complexity index is 504. The van der Waals surface area contributed by atoms with E-state index >= 15 is 0 Å². The van der Waals surface area contributed by atoms with Crippen LogP contribution in [0.1, 0.15) is 6.92 Å². The zero-order valence-electron chi connectivity index (χ0n) is 9.37. The summed E-state index contributed by atoms with van der Waals surface area (Å²) >= 11 is 0. The first-order chi connectivity index (χ1) is 7.58. The van der Waals surface area contributed by atoms with Crippen LogP contribution in [0.4, 0.5) is 10.3 Å². The van der Waals surface area contributed by atoms with Crippen molar-refractivity contribution in [1.29, 1.82) is 0 Å². The van der Waals surface area contributed by atoms with Gasteiger partial charge in [0.1, 0.15) is 5.82 Å². The Labute approximate surface area is 93.3 Å². The first-order valence-electron chi connectivity index (χ1n) is 5.19. The summed E-state index contributed by atoms with van der Waals surface area (Å²) in [5, 5.41) is 3.13. The molecule has 3 N–H and O–H groups in total. The molecule has 0 aliphatic rings. The van der Waals surface area contributed by atoms with Gasteiger partial charge < -0.3 is 15.6 Å². The number of aromatic nitrogens is 2. The zero-order chi connectivity index (χ0) is 11.7. The van der Waals surface area contributed by atoms with Crippen LogP contribution in [-0.4, -0.2) is 22.1 Å². The molecule has 0 radical (unpaired) electrons. The molecule has 0 aliphatic heterocycles. The summed E-state index contributed by atoms with van der Waals surface area (Å²) in [7, 11) is 1.85. The van der Waals surface area contributed by atoms with E-state index < -0.39 is 0 Å². The Balaban J connectivity index is 2.36. The van der Waals surface area contributed by atoms with Gasteiger partial charge in [0, 0.05) is 19.6 Å². The largest absolute Gasteiger partial charge is 0.354 e. The molecule has 2 aromatic rings. The number of nitrogens with zero attached hydrogens (tertiary/aromatic N) is 2. The molecule has 16 heavy (non-hydrogen) atoms. The molecule has 1 aromatic carbocycles. The van der Waals surface area contributed by atoms with Gasteiger partial charge >= 0.3 is 0 Å². The second-order valence-electron chi connectivity index (χ2n) is 3.99. The first kappa shape index (κ1) is 10.9. The van der Waals surface area contributed by atoms with Crippen molar-refractivity contribution in [3.63, 3.8) is 0 Å². The van der Waals surface area contributed by atoms with E-state index in [0.717, 1.165) is 11.0 Å². The minimum absolute atomic E-state index is 0.0524. The quantitative estimate of drug-likeness (QED) is 0.826. The van der Waals surface area contributed by atoms with E-state index in [9.17, 15) is 4.39 Å². The lowest BCUT2D eigenvalue weighted by atomic mass is 10.3. The molecule has 86 valence electrons. The number of anilines is 1. The van der Waals surface area contributed by atoms with Crippen LogP contribution in [0.25, 0.3) is 11.0 Å². The van der Waals surface area contributed by atoms with Gasteiger partial charge in [-0.15, -0.1) is 0 Å². The lowest BCUT2D eigenvalue weighted by Crippen LogP contribution is -2.26. The number of fused-ring (bicyclic) bond motifs is 1. The molecule has 0 fully saturated rings. The molecule has 1 unspecified atom stereocenters. The standard InChI is InChI=1S/C11H15FN4/c1-7(13)6-14-11-15-9-4-3-8(12)5-10(9)16(11)2/h3-5,7H,6,13H2,1-2H3,(H,14,15). The number of benzene rings is 1. The normalized spacial score (nSPS) is 13.0. The summed E-state index contributed by atoms with van der Waals surface area (Å²) in [6, 6.07) is 4.60. The van der Waals surface area contributed by atoms with Crippen LogP contribution in [0.3, 0.4) is 0 Å². The van der Waals surface area contributed by atoms with Gasteiger partial charge in [0.2, 0.25) is 5.95 Å². The second-order valence-corrected chi connectivity index (χ2v) is 3.99. The van der Waals surface area contributed by atoms with E-state index in [2.05, 4.69) is 10.3 Å². The number of nitrogens with one attached hydrogen (secondary N) is 1. The van der Waals surface area contributed by atoms with Crippen molar-refractivity contribution in [2.75, 3.05) is 11.9 Å². The van der Waals surface area contributed by atoms with Crippen molar-refractivity contribution >= 4 is 17.0 Å². The molecular weight excluding hydrogens is 207 g/mol. The Morgan fingerprint density at radius 3 is 3.00 bits per heavy atom. The van der Waals surface area contributed by atoms with Gasteiger partial charge in [-0.2, -0.15) is 0 Å². The summed E-state index contributed by atoms with van der Waals surface area (Å²) in [4.78, 5) is 4.35. The molecule has 1 heterocycles. The molecule has 0 bridgehead atoms. The number of aryl methyl sites for hydroxylation is 1. The van der Waals surface area contributed by atoms with Crippen molar-refractivity contribution < 1.29 is 4.39 Å². The zero-order valence-corrected chi connectivity index (χ0v) is 9.37. The van der Waals surface area contributed by atoms with Crippen LogP contribution < -0.4 is 11.1 Å². The molecule has 0 saturated heterocycles. The van der Waals surface area contributed by atoms with E-state index in [1.807, 2.05) is 18.5 Å². The highest BCUT2D eigenvalue weighted by atomic mass is 19.1. The van der Waals surface area contributed by atoms with Gasteiger partial charge in [0.25, 0.3) is 0 Å². The fourth-order valence-electron chi connectivity index (χ4n) is 1.57. The Kier molecular flexibility index (Phi) is 2.78. The van der Waals surface area contributed by atoms with Gasteiger partial charge in [0.15, 0.2) is 0 Å². The van der Waals surface area contributed by atoms with Gasteiger partial charge in [-0.1, -0.05) is 0 Å². The highest BCUT2D eigenvalue weighted by Crippen LogP contribution is 2.18. The monoisotopic (exact) mass is 222 g/mol. The van der Waals surface area contributed by atoms with Crippen molar-refractivity contribution in [2.45, 2.75) is 13.0 Å². The van der Waals surface area contributed by atoms with Crippen molar-refractivity contribution in [3.05, 3.63) is 24.0 Å². The van der Waals surface area contributed by atoms with Gasteiger partial charge in [-0.25, -0.2) is 9.37 Å². The number of hydrogen-bond donors (Lipinski definition) is 2. The average molecular weight is 222 g/mol. The lowest BCUT2D eigenvalue weighted by molar-refractivity contribution is 0.629. The molecule has 1 aromatic heterocycles. The minimum atomic E-state index is -0.255. The maximum absolute atomic E-state index is 13.1. The number of hydrogen-bond acceptors (Lipinski definition) is 3. The summed E-state index contributed by atoms with van der Waals surface area (Å²) in [6.45, 7) is 2.55. The van der Waals surface area contributed by atoms with E-state index in [0.29, 0.717) is 12.5 Å². The number of rotatable bonds is 3. The SMILES string of the molecule is CC(N)CNc1nc2ccc(F)cc2n1C. The van der Waals surface area contributed by atoms with Crippen LogP contribution in [0, 0.1) is 5.82 Å². The van der Waals surface area contributed by atoms with E-state index in [1.54, 1.807) is 6.07 Å². The fourth-order valence-corrected chi connectivity index (χ4v) is 1.57. The summed E-state index contributed by atoms with van der Waals surface area (Å²) in [6.07, 6.45) is 0. The van der Waals surface area contributed by atoms with E-state index in [4.69, 9.17) is 5.73 Å². The highest BCUT2D eigenvalue weighted by Gasteiger charge is 2.08. The fraction of sp³-hybridized carbons (Fsp3) is 0.364. The predicted molar refractivity (Wildman–Crippen MR) is 62.8 cm³/mol. The van der Waals surface area contributed by atoms with Crippen LogP contribution in [0.2, 0.25) is 0 Å². The van der Waals surface area contributed by atoms with E-state index in [1.165, 1.54) is 12.1 Å². The molecule has 0 aliphatic carbocycles. The van der Waals surface area contributed by atoms with Crippen molar-refractivity contribution in [3.8, 4) is 0 Å². The maximum atomic E-state index is 13.1. The smallest absolute Gasteiger partial charge is 0.203 e. The maximum Gasteiger partial charge on any atom is 0.203 e. The summed E-state index contributed by atoms with van der Waals surface area (Å²) in [5.41, 5.74) is 7.19. The molecule has 0 spiro atoms. The van der Waals surface area contributed by atoms with Crippen LogP contribution in [-0.2, 0) is 7.05 Å². The number of nitrogens with two attached hydrogens (primary N) is 1. The third-order valence-electron chi connectivity index (χ3n) is 2.43. The molecule has 5 heteroatoms. The van der Waals surface area contributed by atoms with Gasteiger partial charge in [-0.3, -0.25) is 0 Å². The van der Waals surface area contributed by atoms with Gasteiger partial charge in [0.05, 0.1) is 11.0 Å². The Morgan fingerprint density at radius 1 is 1.56 bits per heavy atom. The Morgan fingerprint density at radius 2 is 2.31 bits per heavy atom. The van der Waals surface area contributed by atoms with Crippen LogP contribution in [0.5, 0.6) is 0 Å². The molecule has 2 rings (SSSR count). The van der Waals surface area contributed by atoms with Crippen LogP contribution in [0.15, 0.2) is 18.2 Å². The third-order valence-corrected chi connectivity index (χ3v) is 2.43. The van der Waals surface area contributed by atoms with Gasteiger partial charge in [-0.05, 0) is 25.1 Å². The van der Waals surface area contributed by atoms with E-state index in [-0.39, 0.29) is 11.9 Å². The predicted octanol–water partition coefficient (Wildman–Crippen LogP) is 1.47. The second kappa shape index (κ2) is 4.09. The first-order valence-corrected chi connectivity index (χ1v) is 5.19. The van der Waals surface area contributed by atoms with Crippen molar-refractivity contribution in [1.82, 2.24) is 9.55 Å². The molecule has 0 amide bonds. The molecule has 0 saturated carbocycles. The minimum Gasteiger partial charge on any atom is -0.354 e. The molecular formula is C11H15FN4. The summed E-state index contributed by atoms with van der Waals surface area (Å²) < 4.78 is 14.9. The van der Waals surface area contributed by atoms with Crippen molar-refractivity contribution in [2.24, 2.45) is 12.8 Å². The number of imidazole rings is 1. The third kappa shape index (κ3) is 1.99. The molecule has 4 nitrogen and oxygen atoms in total. The lowest BCUT2D eigenvalue weighted by Gasteiger charge is -2.08. The van der Waals surface area contributed by atoms with Crippen LogP contribution >= 0.6 is 0 Å². The highest BCUT2D eigenvalue weighted by molar-refractivity contribution is 5.78. The molecule has 1 atom stereocenters.